The van der Waals surface area contributed by atoms with Crippen LogP contribution in [0.5, 0.6) is 5.75 Å². The average Bonchev–Trinajstić information content (AvgIpc) is 3.04. The van der Waals surface area contributed by atoms with E-state index in [2.05, 4.69) is 10.4 Å². The number of carbonyl (C=O) groups is 1. The topological polar surface area (TPSA) is 56.1 Å². The van der Waals surface area contributed by atoms with Crippen LogP contribution in [-0.4, -0.2) is 22.8 Å². The van der Waals surface area contributed by atoms with E-state index in [9.17, 15) is 4.79 Å². The largest absolute Gasteiger partial charge is 0.496 e. The molecule has 5 nitrogen and oxygen atoms in total. The molecule has 122 valence electrons. The normalized spacial score (nSPS) is 15.3. The van der Waals surface area contributed by atoms with Crippen molar-refractivity contribution in [1.29, 1.82) is 0 Å². The minimum atomic E-state index is -0.0490. The van der Waals surface area contributed by atoms with Gasteiger partial charge in [0.1, 0.15) is 11.6 Å². The lowest BCUT2D eigenvalue weighted by atomic mass is 9.96. The highest BCUT2D eigenvalue weighted by Gasteiger charge is 2.19. The highest BCUT2D eigenvalue weighted by Crippen LogP contribution is 2.30. The molecule has 3 rings (SSSR count). The number of anilines is 1. The van der Waals surface area contributed by atoms with E-state index in [1.54, 1.807) is 13.3 Å². The van der Waals surface area contributed by atoms with Gasteiger partial charge in [0.25, 0.3) is 0 Å². The fraction of sp³-hybridized carbons (Fsp3) is 0.444. The molecule has 2 aromatic rings. The number of methoxy groups -OCH3 is 1. The Morgan fingerprint density at radius 1 is 1.26 bits per heavy atom. The van der Waals surface area contributed by atoms with Crippen LogP contribution in [0.25, 0.3) is 0 Å². The molecule has 0 aliphatic heterocycles. The zero-order valence-electron chi connectivity index (χ0n) is 13.5. The van der Waals surface area contributed by atoms with Crippen molar-refractivity contribution in [2.24, 2.45) is 0 Å². The molecule has 1 aliphatic carbocycles. The van der Waals surface area contributed by atoms with Gasteiger partial charge in [-0.05, 0) is 18.9 Å². The smallest absolute Gasteiger partial charge is 0.230 e. The lowest BCUT2D eigenvalue weighted by molar-refractivity contribution is -0.115. The van der Waals surface area contributed by atoms with Crippen LogP contribution in [0, 0.1) is 0 Å². The molecule has 1 amide bonds. The summed E-state index contributed by atoms with van der Waals surface area (Å²) in [5.74, 6) is 1.48. The number of nitrogens with zero attached hydrogens (tertiary/aromatic N) is 2. The van der Waals surface area contributed by atoms with Gasteiger partial charge in [-0.1, -0.05) is 37.5 Å². The van der Waals surface area contributed by atoms with Crippen molar-refractivity contribution in [3.05, 3.63) is 42.1 Å². The Morgan fingerprint density at radius 2 is 2.04 bits per heavy atom. The summed E-state index contributed by atoms with van der Waals surface area (Å²) < 4.78 is 7.27. The molecule has 1 fully saturated rings. The van der Waals surface area contributed by atoms with Crippen LogP contribution in [0.3, 0.4) is 0 Å². The third-order valence-corrected chi connectivity index (χ3v) is 4.40. The van der Waals surface area contributed by atoms with Gasteiger partial charge < -0.3 is 10.1 Å². The minimum Gasteiger partial charge on any atom is -0.496 e. The van der Waals surface area contributed by atoms with Crippen LogP contribution in [0.1, 0.15) is 43.7 Å². The first-order valence-corrected chi connectivity index (χ1v) is 8.23. The summed E-state index contributed by atoms with van der Waals surface area (Å²) in [5, 5.41) is 7.40. The molecule has 23 heavy (non-hydrogen) atoms. The Morgan fingerprint density at radius 3 is 2.83 bits per heavy atom. The van der Waals surface area contributed by atoms with Gasteiger partial charge in [-0.3, -0.25) is 4.79 Å². The molecule has 0 radical (unpaired) electrons. The zero-order chi connectivity index (χ0) is 16.1. The van der Waals surface area contributed by atoms with Crippen LogP contribution in [0.2, 0.25) is 0 Å². The summed E-state index contributed by atoms with van der Waals surface area (Å²) in [6.45, 7) is 0. The van der Waals surface area contributed by atoms with Gasteiger partial charge in [0.05, 0.1) is 25.8 Å². The number of hydrogen-bond donors (Lipinski definition) is 1. The SMILES string of the molecule is COc1ccccc1CC(=O)Nc1ccnn1C1CCCCC1. The van der Waals surface area contributed by atoms with Crippen molar-refractivity contribution >= 4 is 11.7 Å². The van der Waals surface area contributed by atoms with Crippen LogP contribution in [-0.2, 0) is 11.2 Å². The van der Waals surface area contributed by atoms with Gasteiger partial charge in [-0.15, -0.1) is 0 Å². The lowest BCUT2D eigenvalue weighted by Gasteiger charge is -2.23. The lowest BCUT2D eigenvalue weighted by Crippen LogP contribution is -2.21. The highest BCUT2D eigenvalue weighted by molar-refractivity contribution is 5.91. The van der Waals surface area contributed by atoms with E-state index in [1.165, 1.54) is 19.3 Å². The predicted octanol–water partition coefficient (Wildman–Crippen LogP) is 3.58. The van der Waals surface area contributed by atoms with Gasteiger partial charge in [0, 0.05) is 11.6 Å². The first-order valence-electron chi connectivity index (χ1n) is 8.23. The van der Waals surface area contributed by atoms with Crippen molar-refractivity contribution in [2.45, 2.75) is 44.6 Å². The second-order valence-electron chi connectivity index (χ2n) is 5.99. The van der Waals surface area contributed by atoms with Gasteiger partial charge in [0.2, 0.25) is 5.91 Å². The minimum absolute atomic E-state index is 0.0490. The van der Waals surface area contributed by atoms with Gasteiger partial charge in [-0.25, -0.2) is 4.68 Å². The summed E-state index contributed by atoms with van der Waals surface area (Å²) in [4.78, 5) is 12.4. The molecule has 1 heterocycles. The average molecular weight is 313 g/mol. The van der Waals surface area contributed by atoms with Crippen LogP contribution in [0.15, 0.2) is 36.5 Å². The van der Waals surface area contributed by atoms with Crippen molar-refractivity contribution in [2.75, 3.05) is 12.4 Å². The Labute approximate surface area is 136 Å². The first kappa shape index (κ1) is 15.6. The van der Waals surface area contributed by atoms with E-state index in [1.807, 2.05) is 35.0 Å². The molecule has 0 unspecified atom stereocenters. The Kier molecular flexibility index (Phi) is 4.95. The molecule has 0 saturated heterocycles. The Bertz CT molecular complexity index is 660. The molecular formula is C18H23N3O2. The van der Waals surface area contributed by atoms with Crippen LogP contribution >= 0.6 is 0 Å². The number of carbonyl (C=O) groups excluding carboxylic acids is 1. The fourth-order valence-electron chi connectivity index (χ4n) is 3.24. The molecule has 1 N–H and O–H groups in total. The van der Waals surface area contributed by atoms with E-state index in [-0.39, 0.29) is 5.91 Å². The Hall–Kier alpha value is -2.30. The third-order valence-electron chi connectivity index (χ3n) is 4.40. The van der Waals surface area contributed by atoms with Crippen molar-refractivity contribution in [3.63, 3.8) is 0 Å². The van der Waals surface area contributed by atoms with Crippen molar-refractivity contribution < 1.29 is 9.53 Å². The van der Waals surface area contributed by atoms with E-state index in [0.717, 1.165) is 30.0 Å². The molecule has 1 aromatic carbocycles. The number of para-hydroxylation sites is 1. The molecule has 5 heteroatoms. The van der Waals surface area contributed by atoms with E-state index >= 15 is 0 Å². The number of rotatable bonds is 5. The van der Waals surface area contributed by atoms with Crippen LogP contribution in [0.4, 0.5) is 5.82 Å². The summed E-state index contributed by atoms with van der Waals surface area (Å²) in [6.07, 6.45) is 8.09. The van der Waals surface area contributed by atoms with Crippen LogP contribution < -0.4 is 10.1 Å². The zero-order valence-corrected chi connectivity index (χ0v) is 13.5. The maximum atomic E-state index is 12.4. The molecule has 1 aromatic heterocycles. The van der Waals surface area contributed by atoms with E-state index < -0.39 is 0 Å². The maximum Gasteiger partial charge on any atom is 0.230 e. The monoisotopic (exact) mass is 313 g/mol. The quantitative estimate of drug-likeness (QED) is 0.918. The first-order chi connectivity index (χ1) is 11.3. The van der Waals surface area contributed by atoms with Gasteiger partial charge in [-0.2, -0.15) is 5.10 Å². The Balaban J connectivity index is 1.67. The molecule has 0 atom stereocenters. The maximum absolute atomic E-state index is 12.4. The second kappa shape index (κ2) is 7.31. The molecule has 0 bridgehead atoms. The van der Waals surface area contributed by atoms with E-state index in [0.29, 0.717) is 12.5 Å². The van der Waals surface area contributed by atoms with E-state index in [4.69, 9.17) is 4.74 Å². The third kappa shape index (κ3) is 3.73. The molecule has 1 aliphatic rings. The number of aromatic nitrogens is 2. The summed E-state index contributed by atoms with van der Waals surface area (Å²) in [7, 11) is 1.62. The number of ether oxygens (including phenoxy) is 1. The number of hydrogen-bond acceptors (Lipinski definition) is 3. The van der Waals surface area contributed by atoms with Gasteiger partial charge in [0.15, 0.2) is 0 Å². The molecule has 0 spiro atoms. The molecular weight excluding hydrogens is 290 g/mol. The summed E-state index contributed by atoms with van der Waals surface area (Å²) in [6, 6.07) is 9.87. The standard InChI is InChI=1S/C18H23N3O2/c1-23-16-10-6-5-7-14(16)13-18(22)20-17-11-12-19-21(17)15-8-3-2-4-9-15/h5-7,10-12,15H,2-4,8-9,13H2,1H3,(H,20,22). The number of benzene rings is 1. The highest BCUT2D eigenvalue weighted by atomic mass is 16.5. The fourth-order valence-corrected chi connectivity index (χ4v) is 3.24. The summed E-state index contributed by atoms with van der Waals surface area (Å²) >= 11 is 0. The van der Waals surface area contributed by atoms with Crippen molar-refractivity contribution in [3.8, 4) is 5.75 Å². The van der Waals surface area contributed by atoms with Crippen molar-refractivity contribution in [1.82, 2.24) is 9.78 Å². The second-order valence-corrected chi connectivity index (χ2v) is 5.99. The molecule has 1 saturated carbocycles. The number of nitrogens with one attached hydrogen (secondary N) is 1. The number of amides is 1. The predicted molar refractivity (Wildman–Crippen MR) is 89.7 cm³/mol. The van der Waals surface area contributed by atoms with Gasteiger partial charge >= 0.3 is 0 Å². The summed E-state index contributed by atoms with van der Waals surface area (Å²) in [5.41, 5.74) is 0.885.